The summed E-state index contributed by atoms with van der Waals surface area (Å²) in [5.41, 5.74) is 3.46. The van der Waals surface area contributed by atoms with Crippen molar-refractivity contribution >= 4 is 17.5 Å². The first-order valence-corrected chi connectivity index (χ1v) is 9.97. The molecule has 4 aromatic rings. The van der Waals surface area contributed by atoms with Gasteiger partial charge in [0.25, 0.3) is 11.8 Å². The highest BCUT2D eigenvalue weighted by atomic mass is 16.2. The molecule has 0 atom stereocenters. The van der Waals surface area contributed by atoms with Gasteiger partial charge < -0.3 is 15.2 Å². The van der Waals surface area contributed by atoms with E-state index >= 15 is 0 Å². The van der Waals surface area contributed by atoms with E-state index in [-0.39, 0.29) is 11.8 Å². The van der Waals surface area contributed by atoms with Gasteiger partial charge in [-0.3, -0.25) is 14.6 Å². The van der Waals surface area contributed by atoms with Crippen LogP contribution in [0.1, 0.15) is 32.1 Å². The Labute approximate surface area is 180 Å². The Balaban J connectivity index is 1.41. The van der Waals surface area contributed by atoms with Crippen LogP contribution in [-0.4, -0.2) is 21.4 Å². The normalized spacial score (nSPS) is 10.5. The molecule has 0 aliphatic carbocycles. The minimum absolute atomic E-state index is 0.228. The van der Waals surface area contributed by atoms with Crippen molar-refractivity contribution in [2.45, 2.75) is 13.1 Å². The first-order valence-electron chi connectivity index (χ1n) is 9.97. The van der Waals surface area contributed by atoms with Gasteiger partial charge in [0, 0.05) is 30.2 Å². The summed E-state index contributed by atoms with van der Waals surface area (Å²) in [5.74, 6) is -0.457. The van der Waals surface area contributed by atoms with Gasteiger partial charge in [-0.1, -0.05) is 42.5 Å². The monoisotopic (exact) mass is 410 g/mol. The summed E-state index contributed by atoms with van der Waals surface area (Å²) >= 11 is 0. The van der Waals surface area contributed by atoms with E-state index in [2.05, 4.69) is 15.6 Å². The Morgan fingerprint density at radius 3 is 2.48 bits per heavy atom. The van der Waals surface area contributed by atoms with E-state index in [9.17, 15) is 9.59 Å². The second-order valence-corrected chi connectivity index (χ2v) is 7.05. The fraction of sp³-hybridized carbons (Fsp3) is 0.0800. The SMILES string of the molecule is O=C(NCc1ccccn1)c1cccc(NC(=O)c2cccn2Cc2ccccc2)c1. The average molecular weight is 410 g/mol. The third kappa shape index (κ3) is 5.25. The van der Waals surface area contributed by atoms with E-state index < -0.39 is 0 Å². The summed E-state index contributed by atoms with van der Waals surface area (Å²) in [5, 5.41) is 5.73. The van der Waals surface area contributed by atoms with Crippen molar-refractivity contribution in [3.63, 3.8) is 0 Å². The standard InChI is InChI=1S/C25H22N4O2/c30-24(27-17-22-11-4-5-14-26-22)20-10-6-12-21(16-20)28-25(31)23-13-7-15-29(23)18-19-8-2-1-3-9-19/h1-16H,17-18H2,(H,27,30)(H,28,31). The van der Waals surface area contributed by atoms with Gasteiger partial charge >= 0.3 is 0 Å². The number of pyridine rings is 1. The van der Waals surface area contributed by atoms with Crippen LogP contribution in [0.15, 0.2) is 97.3 Å². The summed E-state index contributed by atoms with van der Waals surface area (Å²) < 4.78 is 1.90. The minimum atomic E-state index is -0.230. The number of carbonyl (C=O) groups is 2. The molecule has 0 aliphatic rings. The van der Waals surface area contributed by atoms with Crippen molar-refractivity contribution < 1.29 is 9.59 Å². The lowest BCUT2D eigenvalue weighted by Gasteiger charge is -2.11. The molecule has 0 radical (unpaired) electrons. The van der Waals surface area contributed by atoms with Crippen molar-refractivity contribution in [1.82, 2.24) is 14.9 Å². The third-order valence-electron chi connectivity index (χ3n) is 4.80. The maximum atomic E-state index is 12.8. The molecule has 2 amide bonds. The molecule has 0 fully saturated rings. The van der Waals surface area contributed by atoms with Gasteiger partial charge in [-0.05, 0) is 48.0 Å². The second-order valence-electron chi connectivity index (χ2n) is 7.05. The number of nitrogens with zero attached hydrogens (tertiary/aromatic N) is 2. The largest absolute Gasteiger partial charge is 0.346 e. The van der Waals surface area contributed by atoms with Crippen LogP contribution < -0.4 is 10.6 Å². The van der Waals surface area contributed by atoms with Crippen molar-refractivity contribution in [1.29, 1.82) is 0 Å². The number of hydrogen-bond donors (Lipinski definition) is 2. The number of anilines is 1. The molecule has 31 heavy (non-hydrogen) atoms. The minimum Gasteiger partial charge on any atom is -0.346 e. The summed E-state index contributed by atoms with van der Waals surface area (Å²) in [7, 11) is 0. The lowest BCUT2D eigenvalue weighted by Crippen LogP contribution is -2.23. The van der Waals surface area contributed by atoms with E-state index in [0.717, 1.165) is 11.3 Å². The van der Waals surface area contributed by atoms with Gasteiger partial charge in [-0.25, -0.2) is 0 Å². The topological polar surface area (TPSA) is 76.0 Å². The van der Waals surface area contributed by atoms with E-state index in [1.54, 1.807) is 36.5 Å². The summed E-state index contributed by atoms with van der Waals surface area (Å²) in [6, 6.07) is 26.0. The van der Waals surface area contributed by atoms with E-state index in [1.165, 1.54) is 0 Å². The Hall–Kier alpha value is -4.19. The van der Waals surface area contributed by atoms with Crippen molar-refractivity contribution in [2.75, 3.05) is 5.32 Å². The van der Waals surface area contributed by atoms with Crippen LogP contribution in [0.2, 0.25) is 0 Å². The van der Waals surface area contributed by atoms with Crippen LogP contribution in [0.5, 0.6) is 0 Å². The van der Waals surface area contributed by atoms with E-state index in [4.69, 9.17) is 0 Å². The van der Waals surface area contributed by atoms with Crippen molar-refractivity contribution in [2.24, 2.45) is 0 Å². The van der Waals surface area contributed by atoms with E-state index in [1.807, 2.05) is 65.4 Å². The molecule has 154 valence electrons. The van der Waals surface area contributed by atoms with Gasteiger partial charge in [0.15, 0.2) is 0 Å². The van der Waals surface area contributed by atoms with Gasteiger partial charge in [-0.15, -0.1) is 0 Å². The number of nitrogens with one attached hydrogen (secondary N) is 2. The summed E-state index contributed by atoms with van der Waals surface area (Å²) in [4.78, 5) is 29.5. The summed E-state index contributed by atoms with van der Waals surface area (Å²) in [6.45, 7) is 0.940. The predicted octanol–water partition coefficient (Wildman–Crippen LogP) is 4.11. The molecular formula is C25H22N4O2. The third-order valence-corrected chi connectivity index (χ3v) is 4.80. The fourth-order valence-corrected chi connectivity index (χ4v) is 3.25. The van der Waals surface area contributed by atoms with Crippen LogP contribution in [0.25, 0.3) is 0 Å². The number of rotatable bonds is 7. The first-order chi connectivity index (χ1) is 15.2. The Bertz CT molecular complexity index is 1170. The molecule has 2 heterocycles. The maximum Gasteiger partial charge on any atom is 0.272 e. The molecule has 0 aliphatic heterocycles. The van der Waals surface area contributed by atoms with Crippen LogP contribution in [0, 0.1) is 0 Å². The summed E-state index contributed by atoms with van der Waals surface area (Å²) in [6.07, 6.45) is 3.56. The molecule has 0 saturated carbocycles. The Kier molecular flexibility index (Phi) is 6.18. The van der Waals surface area contributed by atoms with Crippen LogP contribution in [0.4, 0.5) is 5.69 Å². The highest BCUT2D eigenvalue weighted by Crippen LogP contribution is 2.14. The zero-order valence-electron chi connectivity index (χ0n) is 16.9. The van der Waals surface area contributed by atoms with Gasteiger partial charge in [-0.2, -0.15) is 0 Å². The molecule has 2 N–H and O–H groups in total. The zero-order valence-corrected chi connectivity index (χ0v) is 16.9. The molecule has 0 spiro atoms. The molecule has 0 bridgehead atoms. The number of benzene rings is 2. The van der Waals surface area contributed by atoms with E-state index in [0.29, 0.717) is 30.0 Å². The molecule has 6 nitrogen and oxygen atoms in total. The van der Waals surface area contributed by atoms with Gasteiger partial charge in [0.05, 0.1) is 12.2 Å². The predicted molar refractivity (Wildman–Crippen MR) is 120 cm³/mol. The zero-order chi connectivity index (χ0) is 21.5. The highest BCUT2D eigenvalue weighted by molar-refractivity contribution is 6.04. The molecule has 0 unspecified atom stereocenters. The van der Waals surface area contributed by atoms with Crippen LogP contribution in [-0.2, 0) is 13.1 Å². The highest BCUT2D eigenvalue weighted by Gasteiger charge is 2.13. The van der Waals surface area contributed by atoms with Crippen LogP contribution in [0.3, 0.4) is 0 Å². The Morgan fingerprint density at radius 2 is 1.68 bits per heavy atom. The number of amides is 2. The molecular weight excluding hydrogens is 388 g/mol. The van der Waals surface area contributed by atoms with Gasteiger partial charge in [0.1, 0.15) is 5.69 Å². The smallest absolute Gasteiger partial charge is 0.272 e. The fourth-order valence-electron chi connectivity index (χ4n) is 3.25. The lowest BCUT2D eigenvalue weighted by atomic mass is 10.2. The molecule has 2 aromatic carbocycles. The molecule has 6 heteroatoms. The lowest BCUT2D eigenvalue weighted by molar-refractivity contribution is 0.0949. The second kappa shape index (κ2) is 9.54. The number of carbonyl (C=O) groups excluding carboxylic acids is 2. The van der Waals surface area contributed by atoms with Crippen LogP contribution >= 0.6 is 0 Å². The number of hydrogen-bond acceptors (Lipinski definition) is 3. The van der Waals surface area contributed by atoms with Gasteiger partial charge in [0.2, 0.25) is 0 Å². The van der Waals surface area contributed by atoms with Crippen molar-refractivity contribution in [3.05, 3.63) is 120 Å². The molecule has 4 rings (SSSR count). The first kappa shape index (κ1) is 20.1. The molecule has 2 aromatic heterocycles. The quantitative estimate of drug-likeness (QED) is 0.481. The number of aromatic nitrogens is 2. The maximum absolute atomic E-state index is 12.8. The van der Waals surface area contributed by atoms with Crippen molar-refractivity contribution in [3.8, 4) is 0 Å². The Morgan fingerprint density at radius 1 is 0.839 bits per heavy atom. The average Bonchev–Trinajstić information content (AvgIpc) is 3.27. The molecule has 0 saturated heterocycles.